The predicted octanol–water partition coefficient (Wildman–Crippen LogP) is 5.65. The number of ether oxygens (including phenoxy) is 1. The number of halogens is 1. The van der Waals surface area contributed by atoms with Crippen molar-refractivity contribution in [1.82, 2.24) is 0 Å². The number of benzene rings is 3. The molecule has 0 aliphatic carbocycles. The van der Waals surface area contributed by atoms with Gasteiger partial charge in [0.1, 0.15) is 0 Å². The third kappa shape index (κ3) is 4.89. The van der Waals surface area contributed by atoms with Crippen molar-refractivity contribution in [3.8, 4) is 17.6 Å². The van der Waals surface area contributed by atoms with Gasteiger partial charge in [0, 0.05) is 11.1 Å². The van der Waals surface area contributed by atoms with Gasteiger partial charge in [0.25, 0.3) is 0 Å². The fourth-order valence-corrected chi connectivity index (χ4v) is 2.83. The van der Waals surface area contributed by atoms with E-state index in [-0.39, 0.29) is 11.3 Å². The van der Waals surface area contributed by atoms with E-state index < -0.39 is 11.8 Å². The largest absolute Gasteiger partial charge is 0.491 e. The minimum atomic E-state index is -0.953. The number of rotatable bonds is 6. The van der Waals surface area contributed by atoms with Crippen molar-refractivity contribution in [2.24, 2.45) is 0 Å². The van der Waals surface area contributed by atoms with Crippen LogP contribution in [0, 0.1) is 17.7 Å². The van der Waals surface area contributed by atoms with Crippen LogP contribution in [0.25, 0.3) is 10.8 Å². The standard InChI is InChI=1S/C24H21FO3/c1-2-3-4-13-28-23-12-8-18(15-22(23)25)6-5-17-7-9-20-16-21(24(26)27)11-10-19(20)14-17/h7-12,14-16H,2-4,13H2,1H3,(H,26,27). The first-order chi connectivity index (χ1) is 13.6. The van der Waals surface area contributed by atoms with Crippen LogP contribution in [0.15, 0.2) is 54.6 Å². The Labute approximate surface area is 163 Å². The Morgan fingerprint density at radius 1 is 0.964 bits per heavy atom. The van der Waals surface area contributed by atoms with Crippen LogP contribution in [0.2, 0.25) is 0 Å². The molecule has 0 amide bonds. The summed E-state index contributed by atoms with van der Waals surface area (Å²) in [7, 11) is 0. The van der Waals surface area contributed by atoms with Crippen molar-refractivity contribution in [3.63, 3.8) is 0 Å². The third-order valence-electron chi connectivity index (χ3n) is 4.38. The molecule has 0 aliphatic heterocycles. The maximum Gasteiger partial charge on any atom is 0.335 e. The van der Waals surface area contributed by atoms with Crippen LogP contribution < -0.4 is 4.74 Å². The first-order valence-corrected chi connectivity index (χ1v) is 9.28. The molecular formula is C24H21FO3. The monoisotopic (exact) mass is 376 g/mol. The lowest BCUT2D eigenvalue weighted by molar-refractivity contribution is 0.0697. The minimum absolute atomic E-state index is 0.249. The normalized spacial score (nSPS) is 10.4. The summed E-state index contributed by atoms with van der Waals surface area (Å²) in [6.45, 7) is 2.62. The third-order valence-corrected chi connectivity index (χ3v) is 4.38. The number of hydrogen-bond donors (Lipinski definition) is 1. The molecular weight excluding hydrogens is 355 g/mol. The van der Waals surface area contributed by atoms with Crippen molar-refractivity contribution >= 4 is 16.7 Å². The van der Waals surface area contributed by atoms with Crippen molar-refractivity contribution in [1.29, 1.82) is 0 Å². The van der Waals surface area contributed by atoms with E-state index in [0.29, 0.717) is 12.2 Å². The Kier molecular flexibility index (Phi) is 6.29. The number of aromatic carboxylic acids is 1. The van der Waals surface area contributed by atoms with Crippen molar-refractivity contribution in [2.45, 2.75) is 26.2 Å². The second kappa shape index (κ2) is 9.05. The summed E-state index contributed by atoms with van der Waals surface area (Å²) in [5, 5.41) is 10.8. The van der Waals surface area contributed by atoms with Gasteiger partial charge in [-0.15, -0.1) is 0 Å². The first kappa shape index (κ1) is 19.4. The summed E-state index contributed by atoms with van der Waals surface area (Å²) >= 11 is 0. The van der Waals surface area contributed by atoms with Gasteiger partial charge in [0.05, 0.1) is 12.2 Å². The molecule has 142 valence electrons. The summed E-state index contributed by atoms with van der Waals surface area (Å²) in [4.78, 5) is 11.0. The van der Waals surface area contributed by atoms with Gasteiger partial charge in [0.15, 0.2) is 11.6 Å². The highest BCUT2D eigenvalue weighted by atomic mass is 19.1. The zero-order chi connectivity index (χ0) is 19.9. The lowest BCUT2D eigenvalue weighted by Crippen LogP contribution is -1.99. The molecule has 0 spiro atoms. The van der Waals surface area contributed by atoms with E-state index >= 15 is 0 Å². The molecule has 3 aromatic rings. The fraction of sp³-hybridized carbons (Fsp3) is 0.208. The predicted molar refractivity (Wildman–Crippen MR) is 108 cm³/mol. The maximum absolute atomic E-state index is 14.2. The van der Waals surface area contributed by atoms with Crippen LogP contribution in [-0.4, -0.2) is 17.7 Å². The second-order valence-corrected chi connectivity index (χ2v) is 6.53. The molecule has 3 aromatic carbocycles. The number of carboxylic acid groups (broad SMARTS) is 1. The quantitative estimate of drug-likeness (QED) is 0.447. The lowest BCUT2D eigenvalue weighted by Gasteiger charge is -2.06. The molecule has 28 heavy (non-hydrogen) atoms. The Bertz CT molecular complexity index is 1060. The molecule has 0 unspecified atom stereocenters. The van der Waals surface area contributed by atoms with E-state index in [1.54, 1.807) is 30.3 Å². The molecule has 0 heterocycles. The van der Waals surface area contributed by atoms with E-state index in [9.17, 15) is 9.18 Å². The number of fused-ring (bicyclic) bond motifs is 1. The van der Waals surface area contributed by atoms with Crippen LogP contribution in [0.4, 0.5) is 4.39 Å². The summed E-state index contributed by atoms with van der Waals surface area (Å²) in [5.41, 5.74) is 1.59. The van der Waals surface area contributed by atoms with Gasteiger partial charge in [0.2, 0.25) is 0 Å². The molecule has 0 fully saturated rings. The topological polar surface area (TPSA) is 46.5 Å². The smallest absolute Gasteiger partial charge is 0.335 e. The molecule has 1 N–H and O–H groups in total. The second-order valence-electron chi connectivity index (χ2n) is 6.53. The average Bonchev–Trinajstić information content (AvgIpc) is 2.70. The number of carboxylic acids is 1. The fourth-order valence-electron chi connectivity index (χ4n) is 2.83. The average molecular weight is 376 g/mol. The Morgan fingerprint density at radius 3 is 2.36 bits per heavy atom. The number of hydrogen-bond acceptors (Lipinski definition) is 2. The minimum Gasteiger partial charge on any atom is -0.491 e. The van der Waals surface area contributed by atoms with Crippen molar-refractivity contribution in [3.05, 3.63) is 77.1 Å². The van der Waals surface area contributed by atoms with E-state index in [1.807, 2.05) is 18.2 Å². The van der Waals surface area contributed by atoms with Crippen LogP contribution >= 0.6 is 0 Å². The van der Waals surface area contributed by atoms with Gasteiger partial charge >= 0.3 is 5.97 Å². The Morgan fingerprint density at radius 2 is 1.64 bits per heavy atom. The maximum atomic E-state index is 14.2. The van der Waals surface area contributed by atoms with E-state index in [4.69, 9.17) is 9.84 Å². The Balaban J connectivity index is 1.74. The highest BCUT2D eigenvalue weighted by molar-refractivity contribution is 5.94. The molecule has 0 saturated heterocycles. The van der Waals surface area contributed by atoms with Gasteiger partial charge in [-0.25, -0.2) is 9.18 Å². The van der Waals surface area contributed by atoms with E-state index in [0.717, 1.165) is 35.6 Å². The molecule has 0 aromatic heterocycles. The van der Waals surface area contributed by atoms with Gasteiger partial charge in [-0.2, -0.15) is 0 Å². The first-order valence-electron chi connectivity index (χ1n) is 9.28. The van der Waals surface area contributed by atoms with E-state index in [1.165, 1.54) is 6.07 Å². The summed E-state index contributed by atoms with van der Waals surface area (Å²) in [6, 6.07) is 15.2. The molecule has 3 nitrogen and oxygen atoms in total. The van der Waals surface area contributed by atoms with Crippen LogP contribution in [0.5, 0.6) is 5.75 Å². The molecule has 4 heteroatoms. The van der Waals surface area contributed by atoms with Crippen molar-refractivity contribution < 1.29 is 19.0 Å². The molecule has 0 aliphatic rings. The van der Waals surface area contributed by atoms with E-state index in [2.05, 4.69) is 18.8 Å². The Hall–Kier alpha value is -3.32. The molecule has 3 rings (SSSR count). The summed E-state index contributed by atoms with van der Waals surface area (Å²) < 4.78 is 19.6. The van der Waals surface area contributed by atoms with Crippen LogP contribution in [-0.2, 0) is 0 Å². The molecule has 0 radical (unpaired) electrons. The lowest BCUT2D eigenvalue weighted by atomic mass is 10.0. The molecule has 0 bridgehead atoms. The zero-order valence-electron chi connectivity index (χ0n) is 15.7. The molecule has 0 atom stereocenters. The van der Waals surface area contributed by atoms with Gasteiger partial charge in [-0.3, -0.25) is 0 Å². The summed E-state index contributed by atoms with van der Waals surface area (Å²) in [6.07, 6.45) is 3.07. The zero-order valence-corrected chi connectivity index (χ0v) is 15.7. The summed E-state index contributed by atoms with van der Waals surface area (Å²) in [5.74, 6) is 4.87. The van der Waals surface area contributed by atoms with Gasteiger partial charge in [-0.1, -0.05) is 43.7 Å². The van der Waals surface area contributed by atoms with Crippen LogP contribution in [0.1, 0.15) is 47.7 Å². The van der Waals surface area contributed by atoms with Gasteiger partial charge in [-0.05, 0) is 59.7 Å². The highest BCUT2D eigenvalue weighted by Gasteiger charge is 2.05. The van der Waals surface area contributed by atoms with Gasteiger partial charge < -0.3 is 9.84 Å². The SMILES string of the molecule is CCCCCOc1ccc(C#Cc2ccc3cc(C(=O)O)ccc3c2)cc1F. The molecule has 0 saturated carbocycles. The van der Waals surface area contributed by atoms with Crippen LogP contribution in [0.3, 0.4) is 0 Å². The van der Waals surface area contributed by atoms with Crippen molar-refractivity contribution in [2.75, 3.05) is 6.61 Å². The number of carbonyl (C=O) groups is 1. The highest BCUT2D eigenvalue weighted by Crippen LogP contribution is 2.20. The number of unbranched alkanes of at least 4 members (excludes halogenated alkanes) is 2.